The maximum atomic E-state index is 13.8. The van der Waals surface area contributed by atoms with Gasteiger partial charge in [0.25, 0.3) is 10.2 Å². The highest BCUT2D eigenvalue weighted by atomic mass is 32.2. The van der Waals surface area contributed by atoms with Crippen molar-refractivity contribution in [2.75, 3.05) is 51.1 Å². The third kappa shape index (κ3) is 20.8. The molecule has 10 atom stereocenters. The van der Waals surface area contributed by atoms with Gasteiger partial charge in [-0.3, -0.25) is 29.8 Å². The monoisotopic (exact) mass is 1140 g/mol. The molecule has 0 bridgehead atoms. The fourth-order valence-corrected chi connectivity index (χ4v) is 12.1. The maximum absolute atomic E-state index is 13.8. The van der Waals surface area contributed by atoms with Crippen LogP contribution in [0.25, 0.3) is 0 Å². The highest BCUT2D eigenvalue weighted by molar-refractivity contribution is 7.99. The van der Waals surface area contributed by atoms with Gasteiger partial charge < -0.3 is 38.4 Å². The Labute approximate surface area is 474 Å². The topological polar surface area (TPSA) is 275 Å². The predicted molar refractivity (Wildman–Crippen MR) is 297 cm³/mol. The van der Waals surface area contributed by atoms with Gasteiger partial charge in [0.05, 0.1) is 38.5 Å². The Morgan fingerprint density at radius 3 is 1.44 bits per heavy atom. The minimum absolute atomic E-state index is 0.0121. The number of esters is 4. The summed E-state index contributed by atoms with van der Waals surface area (Å²) in [5.74, 6) is -0.672. The number of nitrogens with zero attached hydrogens (tertiary/aromatic N) is 4. The standard InChI is InChI=1S/C29H43N3O8.C28H41N3O8S/c1-3-38-28(34)24(17-16-22-12-6-4-7-13-22)30-21(2)27(33)31-25-15-9-8-14-23(25)20-26(31)29(35)39-18-10-5-11-19-40-32(36)37;1-3-37-27(33)23(14-13-21-9-5-4-6-10-21)29-20(2)26(32)30-24-12-8-7-11-22(24)19-25(30)28(34)38-15-17-40-18-16-39-31(35)36/h4,6-7,12-13,21,23-26,30H,3,5,8-11,14-20H2,1-2H3;4-6,9-10,20,22-25,29H,3,7-8,11-19H2,1-2H3. The smallest absolute Gasteiger partial charge is 0.328 e. The van der Waals surface area contributed by atoms with Crippen molar-refractivity contribution in [3.8, 4) is 0 Å². The van der Waals surface area contributed by atoms with Crippen molar-refractivity contribution in [1.29, 1.82) is 0 Å². The number of ether oxygens (including phenoxy) is 4. The van der Waals surface area contributed by atoms with E-state index in [1.165, 1.54) is 11.8 Å². The Kier molecular flexibility index (Phi) is 28.3. The molecule has 4 aliphatic rings. The van der Waals surface area contributed by atoms with Crippen molar-refractivity contribution in [2.45, 2.75) is 185 Å². The number of rotatable bonds is 32. The van der Waals surface area contributed by atoms with Crippen molar-refractivity contribution >= 4 is 47.5 Å². The minimum Gasteiger partial charge on any atom is -0.465 e. The van der Waals surface area contributed by atoms with Gasteiger partial charge in [-0.15, -0.1) is 20.2 Å². The Morgan fingerprint density at radius 1 is 0.575 bits per heavy atom. The van der Waals surface area contributed by atoms with Gasteiger partial charge in [-0.25, -0.2) is 9.59 Å². The highest BCUT2D eigenvalue weighted by Crippen LogP contribution is 2.42. The van der Waals surface area contributed by atoms with Crippen LogP contribution in [-0.2, 0) is 70.2 Å². The SMILES string of the molecule is CCOC(=O)C(CCc1ccccc1)NC(C)C(=O)N1C(C(=O)OCCCCCO[N+](=O)[O-])CC2CCCCC21.CCOC(=O)C(CCc1ccccc1)NC(C)C(=O)N1C(C(=O)OCCSCCO[N+](=O)[O-])CC2CCCCC21. The van der Waals surface area contributed by atoms with Gasteiger partial charge in [-0.05, 0) is 134 Å². The van der Waals surface area contributed by atoms with Crippen molar-refractivity contribution in [3.63, 3.8) is 0 Å². The third-order valence-electron chi connectivity index (χ3n) is 15.3. The molecule has 80 heavy (non-hydrogen) atoms. The van der Waals surface area contributed by atoms with Crippen LogP contribution in [0, 0.1) is 32.1 Å². The summed E-state index contributed by atoms with van der Waals surface area (Å²) >= 11 is 1.39. The van der Waals surface area contributed by atoms with Gasteiger partial charge in [-0.2, -0.15) is 11.8 Å². The van der Waals surface area contributed by atoms with Crippen molar-refractivity contribution in [2.24, 2.45) is 11.8 Å². The molecule has 2 aliphatic heterocycles. The molecular weight excluding hydrogens is 1060 g/mol. The summed E-state index contributed by atoms with van der Waals surface area (Å²) in [4.78, 5) is 112. The Balaban J connectivity index is 0.000000294. The van der Waals surface area contributed by atoms with E-state index in [9.17, 15) is 49.0 Å². The number of amides is 2. The van der Waals surface area contributed by atoms with Crippen LogP contribution in [0.1, 0.15) is 135 Å². The van der Waals surface area contributed by atoms with Gasteiger partial charge >= 0.3 is 23.9 Å². The quantitative estimate of drug-likeness (QED) is 0.0251. The minimum atomic E-state index is -0.834. The number of unbranched alkanes of at least 4 members (excludes halogenated alkanes) is 2. The summed E-state index contributed by atoms with van der Waals surface area (Å²) in [6.45, 7) is 7.79. The molecule has 22 nitrogen and oxygen atoms in total. The average molecular weight is 1140 g/mol. The average Bonchev–Trinajstić information content (AvgIpc) is 4.05. The number of carbonyl (C=O) groups is 6. The van der Waals surface area contributed by atoms with Gasteiger partial charge in [0, 0.05) is 23.6 Å². The number of aryl methyl sites for hydroxylation is 2. The molecule has 2 heterocycles. The molecule has 23 heteroatoms. The lowest BCUT2D eigenvalue weighted by atomic mass is 9.84. The number of fused-ring (bicyclic) bond motifs is 2. The molecule has 2 aromatic carbocycles. The lowest BCUT2D eigenvalue weighted by Crippen LogP contribution is -2.56. The first-order chi connectivity index (χ1) is 38.6. The first kappa shape index (κ1) is 64.7. The van der Waals surface area contributed by atoms with Gasteiger partial charge in [0.15, 0.2) is 0 Å². The molecule has 2 amide bonds. The number of likely N-dealkylation sites (tertiary alicyclic amines) is 2. The van der Waals surface area contributed by atoms with Crippen LogP contribution in [0.3, 0.4) is 0 Å². The van der Waals surface area contributed by atoms with E-state index in [-0.39, 0.29) is 75.4 Å². The maximum Gasteiger partial charge on any atom is 0.328 e. The van der Waals surface area contributed by atoms with Crippen LogP contribution in [0.5, 0.6) is 0 Å². The molecule has 444 valence electrons. The van der Waals surface area contributed by atoms with Crippen molar-refractivity contribution in [3.05, 3.63) is 92.0 Å². The van der Waals surface area contributed by atoms with Crippen molar-refractivity contribution < 1.29 is 67.6 Å². The Hall–Kier alpha value is -6.07. The first-order valence-electron chi connectivity index (χ1n) is 28.7. The number of nitrogens with one attached hydrogen (secondary N) is 2. The second kappa shape index (κ2) is 34.9. The van der Waals surface area contributed by atoms with E-state index in [1.54, 1.807) is 37.5 Å². The van der Waals surface area contributed by atoms with Crippen LogP contribution in [0.15, 0.2) is 60.7 Å². The summed E-state index contributed by atoms with van der Waals surface area (Å²) < 4.78 is 21.7. The predicted octanol–water partition coefficient (Wildman–Crippen LogP) is 6.78. The number of hydrogen-bond acceptors (Lipinski definition) is 19. The second-order valence-electron chi connectivity index (χ2n) is 20.8. The van der Waals surface area contributed by atoms with E-state index >= 15 is 0 Å². The zero-order chi connectivity index (χ0) is 57.8. The fraction of sp³-hybridized carbons (Fsp3) is 0.684. The molecule has 0 aromatic heterocycles. The normalized spacial score (nSPS) is 21.6. The molecule has 2 aliphatic carbocycles. The van der Waals surface area contributed by atoms with Crippen LogP contribution in [0.2, 0.25) is 0 Å². The van der Waals surface area contributed by atoms with Crippen LogP contribution >= 0.6 is 11.8 Å². The zero-order valence-electron chi connectivity index (χ0n) is 47.0. The number of thioether (sulfide) groups is 1. The summed E-state index contributed by atoms with van der Waals surface area (Å²) in [6.07, 6.45) is 12.9. The molecule has 2 N–H and O–H groups in total. The lowest BCUT2D eigenvalue weighted by Gasteiger charge is -2.35. The third-order valence-corrected chi connectivity index (χ3v) is 16.2. The second-order valence-corrected chi connectivity index (χ2v) is 22.0. The largest absolute Gasteiger partial charge is 0.465 e. The van der Waals surface area contributed by atoms with E-state index in [4.69, 9.17) is 18.9 Å². The lowest BCUT2D eigenvalue weighted by molar-refractivity contribution is -0.757. The number of benzene rings is 2. The molecule has 0 radical (unpaired) electrons. The first-order valence-corrected chi connectivity index (χ1v) is 29.8. The van der Waals surface area contributed by atoms with Gasteiger partial charge in [-0.1, -0.05) is 86.3 Å². The summed E-state index contributed by atoms with van der Waals surface area (Å²) in [7, 11) is 0. The zero-order valence-corrected chi connectivity index (χ0v) is 47.8. The summed E-state index contributed by atoms with van der Waals surface area (Å²) in [5.41, 5.74) is 2.18. The number of hydrogen-bond donors (Lipinski definition) is 2. The van der Waals surface area contributed by atoms with E-state index in [0.29, 0.717) is 69.3 Å². The van der Waals surface area contributed by atoms with Crippen LogP contribution in [0.4, 0.5) is 0 Å². The molecule has 4 fully saturated rings. The molecule has 0 spiro atoms. The Bertz CT molecular complexity index is 2110. The van der Waals surface area contributed by atoms with E-state index < -0.39 is 70.3 Å². The van der Waals surface area contributed by atoms with Crippen LogP contribution < -0.4 is 10.6 Å². The molecular formula is C57H84N6O16S. The van der Waals surface area contributed by atoms with E-state index in [2.05, 4.69) is 20.3 Å². The molecule has 2 saturated heterocycles. The molecule has 10 unspecified atom stereocenters. The van der Waals surface area contributed by atoms with Crippen molar-refractivity contribution in [1.82, 2.24) is 20.4 Å². The van der Waals surface area contributed by atoms with E-state index in [1.807, 2.05) is 60.7 Å². The molecule has 2 aromatic rings. The molecule has 2 saturated carbocycles. The summed E-state index contributed by atoms with van der Waals surface area (Å²) in [5, 5.41) is 25.2. The summed E-state index contributed by atoms with van der Waals surface area (Å²) in [6, 6.07) is 15.6. The van der Waals surface area contributed by atoms with Crippen LogP contribution in [-0.4, -0.2) is 155 Å². The van der Waals surface area contributed by atoms with E-state index in [0.717, 1.165) is 62.5 Å². The Morgan fingerprint density at radius 2 is 0.988 bits per heavy atom. The molecule has 6 rings (SSSR count). The number of carbonyl (C=O) groups excluding carboxylic acids is 6. The highest BCUT2D eigenvalue weighted by Gasteiger charge is 2.50. The van der Waals surface area contributed by atoms with Gasteiger partial charge in [0.1, 0.15) is 37.4 Å². The fourth-order valence-electron chi connectivity index (χ4n) is 11.5. The van der Waals surface area contributed by atoms with Gasteiger partial charge in [0.2, 0.25) is 11.8 Å².